The van der Waals surface area contributed by atoms with Crippen molar-refractivity contribution >= 4 is 5.65 Å². The van der Waals surface area contributed by atoms with Crippen LogP contribution in [0.15, 0.2) is 40.9 Å². The topological polar surface area (TPSA) is 78.3 Å². The lowest BCUT2D eigenvalue weighted by atomic mass is 10.2. The first kappa shape index (κ1) is 19.4. The van der Waals surface area contributed by atoms with E-state index in [1.807, 2.05) is 0 Å². The van der Waals surface area contributed by atoms with Crippen LogP contribution >= 0.6 is 0 Å². The Labute approximate surface area is 170 Å². The van der Waals surface area contributed by atoms with Crippen LogP contribution < -0.4 is 4.74 Å². The number of hydrogen-bond acceptors (Lipinski definition) is 6. The third kappa shape index (κ3) is 3.68. The Morgan fingerprint density at radius 3 is 2.42 bits per heavy atom. The fourth-order valence-corrected chi connectivity index (χ4v) is 3.15. The molecule has 1 aromatic carbocycles. The van der Waals surface area contributed by atoms with Crippen LogP contribution in [0.2, 0.25) is 0 Å². The van der Waals surface area contributed by atoms with Crippen LogP contribution in [0, 0.1) is 0 Å². The second kappa shape index (κ2) is 7.00. The van der Waals surface area contributed by atoms with Crippen LogP contribution in [0.4, 0.5) is 22.0 Å². The number of alkyl halides is 5. The number of rotatable bonds is 5. The lowest BCUT2D eigenvalue weighted by molar-refractivity contribution is -0.142. The fraction of sp³-hybridized carbons (Fsp3) is 0.263. The highest BCUT2D eigenvalue weighted by Gasteiger charge is 2.38. The van der Waals surface area contributed by atoms with Crippen molar-refractivity contribution in [1.29, 1.82) is 0 Å². The van der Waals surface area contributed by atoms with Gasteiger partial charge in [-0.15, -0.1) is 10.2 Å². The van der Waals surface area contributed by atoms with Crippen LogP contribution in [-0.4, -0.2) is 31.4 Å². The van der Waals surface area contributed by atoms with Gasteiger partial charge in [0.1, 0.15) is 17.0 Å². The molecule has 0 radical (unpaired) electrons. The molecule has 0 saturated heterocycles. The van der Waals surface area contributed by atoms with Crippen molar-refractivity contribution in [2.75, 3.05) is 0 Å². The third-order valence-electron chi connectivity index (χ3n) is 4.76. The molecule has 3 heterocycles. The molecule has 160 valence electrons. The Morgan fingerprint density at radius 2 is 1.77 bits per heavy atom. The molecule has 7 nitrogen and oxygen atoms in total. The standard InChI is InChI=1S/C19H12F5N5O2/c20-18(21)30-11-5-3-10(4-6-11)16-27-28-17(31-16)12-8-25-29-14(19(22,23)24)7-13(9-1-2-9)26-15(12)29/h3-9,18H,1-2H2. The molecule has 3 aromatic heterocycles. The average molecular weight is 437 g/mol. The van der Waals surface area contributed by atoms with Gasteiger partial charge in [-0.25, -0.2) is 9.50 Å². The molecule has 4 aromatic rings. The molecule has 1 aliphatic carbocycles. The minimum atomic E-state index is -4.61. The number of benzene rings is 1. The first-order valence-corrected chi connectivity index (χ1v) is 9.14. The molecule has 0 atom stereocenters. The number of nitrogens with zero attached hydrogens (tertiary/aromatic N) is 5. The number of aromatic nitrogens is 5. The number of halogens is 5. The van der Waals surface area contributed by atoms with Gasteiger partial charge in [0, 0.05) is 17.2 Å². The van der Waals surface area contributed by atoms with Crippen molar-refractivity contribution in [3.63, 3.8) is 0 Å². The summed E-state index contributed by atoms with van der Waals surface area (Å²) in [6.45, 7) is -2.95. The van der Waals surface area contributed by atoms with E-state index in [4.69, 9.17) is 4.42 Å². The van der Waals surface area contributed by atoms with E-state index < -0.39 is 18.5 Å². The van der Waals surface area contributed by atoms with E-state index in [1.54, 1.807) is 0 Å². The molecule has 12 heteroatoms. The summed E-state index contributed by atoms with van der Waals surface area (Å²) in [5.74, 6) is -0.0718. The molecule has 0 aliphatic heterocycles. The Bertz CT molecular complexity index is 1250. The lowest BCUT2D eigenvalue weighted by Gasteiger charge is -2.10. The number of hydrogen-bond donors (Lipinski definition) is 0. The van der Waals surface area contributed by atoms with E-state index in [1.165, 1.54) is 30.5 Å². The van der Waals surface area contributed by atoms with E-state index in [-0.39, 0.29) is 34.7 Å². The van der Waals surface area contributed by atoms with Gasteiger partial charge in [0.2, 0.25) is 5.89 Å². The van der Waals surface area contributed by atoms with Crippen LogP contribution in [-0.2, 0) is 6.18 Å². The largest absolute Gasteiger partial charge is 0.435 e. The first-order chi connectivity index (χ1) is 14.8. The van der Waals surface area contributed by atoms with Crippen LogP contribution in [0.3, 0.4) is 0 Å². The second-order valence-corrected chi connectivity index (χ2v) is 6.95. The van der Waals surface area contributed by atoms with Gasteiger partial charge in [-0.2, -0.15) is 27.1 Å². The van der Waals surface area contributed by atoms with Crippen LogP contribution in [0.25, 0.3) is 28.6 Å². The summed E-state index contributed by atoms with van der Waals surface area (Å²) in [7, 11) is 0. The molecule has 0 bridgehead atoms. The molecule has 1 fully saturated rings. The van der Waals surface area contributed by atoms with Crippen LogP contribution in [0.1, 0.15) is 30.1 Å². The summed E-state index contributed by atoms with van der Waals surface area (Å²) in [5.41, 5.74) is -0.0487. The Kier molecular flexibility index (Phi) is 4.38. The van der Waals surface area contributed by atoms with E-state index in [2.05, 4.69) is 25.0 Å². The maximum atomic E-state index is 13.5. The fourth-order valence-electron chi connectivity index (χ4n) is 3.15. The van der Waals surface area contributed by atoms with Crippen molar-refractivity contribution < 1.29 is 31.1 Å². The Hall–Kier alpha value is -3.57. The van der Waals surface area contributed by atoms with E-state index in [9.17, 15) is 22.0 Å². The van der Waals surface area contributed by atoms with Gasteiger partial charge in [-0.3, -0.25) is 0 Å². The molecular formula is C19H12F5N5O2. The zero-order valence-corrected chi connectivity index (χ0v) is 15.5. The molecule has 0 N–H and O–H groups in total. The average Bonchev–Trinajstić information content (AvgIpc) is 3.30. The van der Waals surface area contributed by atoms with E-state index in [0.29, 0.717) is 15.8 Å². The maximum absolute atomic E-state index is 13.5. The number of fused-ring (bicyclic) bond motifs is 1. The molecule has 0 spiro atoms. The van der Waals surface area contributed by atoms with Gasteiger partial charge in [0.25, 0.3) is 5.89 Å². The summed E-state index contributed by atoms with van der Waals surface area (Å²) in [6.07, 6.45) is -1.87. The van der Waals surface area contributed by atoms with Crippen molar-refractivity contribution in [1.82, 2.24) is 24.8 Å². The molecule has 1 aliphatic rings. The lowest BCUT2D eigenvalue weighted by Crippen LogP contribution is -2.14. The van der Waals surface area contributed by atoms with Gasteiger partial charge in [-0.05, 0) is 43.2 Å². The predicted octanol–water partition coefficient (Wildman–Crippen LogP) is 4.94. The summed E-state index contributed by atoms with van der Waals surface area (Å²) < 4.78 is 75.7. The minimum Gasteiger partial charge on any atom is -0.435 e. The molecular weight excluding hydrogens is 425 g/mol. The van der Waals surface area contributed by atoms with E-state index >= 15 is 0 Å². The second-order valence-electron chi connectivity index (χ2n) is 6.95. The Balaban J connectivity index is 1.53. The molecule has 0 unspecified atom stereocenters. The summed E-state index contributed by atoms with van der Waals surface area (Å²) >= 11 is 0. The highest BCUT2D eigenvalue weighted by Crippen LogP contribution is 2.42. The summed E-state index contributed by atoms with van der Waals surface area (Å²) in [5, 5.41) is 11.6. The van der Waals surface area contributed by atoms with Gasteiger partial charge in [0.05, 0.1) is 6.20 Å². The SMILES string of the molecule is FC(F)Oc1ccc(-c2nnc(-c3cnn4c(C(F)(F)F)cc(C5CC5)nc34)o2)cc1. The molecule has 0 amide bonds. The monoisotopic (exact) mass is 437 g/mol. The number of ether oxygens (including phenoxy) is 1. The zero-order valence-electron chi connectivity index (χ0n) is 15.5. The van der Waals surface area contributed by atoms with E-state index in [0.717, 1.165) is 18.9 Å². The van der Waals surface area contributed by atoms with Crippen LogP contribution in [0.5, 0.6) is 5.75 Å². The normalized spacial score (nSPS) is 14.5. The Morgan fingerprint density at radius 1 is 1.06 bits per heavy atom. The van der Waals surface area contributed by atoms with Gasteiger partial charge in [-0.1, -0.05) is 0 Å². The highest BCUT2D eigenvalue weighted by atomic mass is 19.4. The van der Waals surface area contributed by atoms with Crippen molar-refractivity contribution in [2.45, 2.75) is 31.5 Å². The predicted molar refractivity (Wildman–Crippen MR) is 95.3 cm³/mol. The smallest absolute Gasteiger partial charge is 0.433 e. The highest BCUT2D eigenvalue weighted by molar-refractivity contribution is 5.72. The zero-order chi connectivity index (χ0) is 21.8. The van der Waals surface area contributed by atoms with Crippen molar-refractivity contribution in [3.8, 4) is 28.7 Å². The first-order valence-electron chi connectivity index (χ1n) is 9.14. The molecule has 31 heavy (non-hydrogen) atoms. The molecule has 5 rings (SSSR count). The summed E-state index contributed by atoms with van der Waals surface area (Å²) in [4.78, 5) is 4.35. The summed E-state index contributed by atoms with van der Waals surface area (Å²) in [6, 6.07) is 6.51. The molecule has 1 saturated carbocycles. The maximum Gasteiger partial charge on any atom is 0.433 e. The third-order valence-corrected chi connectivity index (χ3v) is 4.76. The minimum absolute atomic E-state index is 0.0129. The van der Waals surface area contributed by atoms with Crippen molar-refractivity contribution in [3.05, 3.63) is 47.9 Å². The van der Waals surface area contributed by atoms with Gasteiger partial charge in [0.15, 0.2) is 5.65 Å². The van der Waals surface area contributed by atoms with Gasteiger partial charge >= 0.3 is 12.8 Å². The van der Waals surface area contributed by atoms with Gasteiger partial charge < -0.3 is 9.15 Å². The quantitative estimate of drug-likeness (QED) is 0.412. The van der Waals surface area contributed by atoms with Crippen molar-refractivity contribution in [2.24, 2.45) is 0 Å².